The summed E-state index contributed by atoms with van der Waals surface area (Å²) in [5.74, 6) is 0. The number of hydrogen-bond acceptors (Lipinski definition) is 3. The van der Waals surface area contributed by atoms with Gasteiger partial charge in [0.1, 0.15) is 0 Å². The average Bonchev–Trinajstić information content (AvgIpc) is 2.26. The van der Waals surface area contributed by atoms with Gasteiger partial charge < -0.3 is 4.90 Å². The molecule has 0 aliphatic carbocycles. The Morgan fingerprint density at radius 2 is 1.81 bits per heavy atom. The van der Waals surface area contributed by atoms with E-state index in [4.69, 9.17) is 0 Å². The van der Waals surface area contributed by atoms with E-state index in [1.165, 1.54) is 6.26 Å². The van der Waals surface area contributed by atoms with Crippen LogP contribution in [-0.4, -0.2) is 33.1 Å². The summed E-state index contributed by atoms with van der Waals surface area (Å²) in [4.78, 5) is 2.46. The second kappa shape index (κ2) is 5.19. The third kappa shape index (κ3) is 3.22. The third-order valence-corrected chi connectivity index (χ3v) is 4.62. The quantitative estimate of drug-likeness (QED) is 0.801. The zero-order valence-corrected chi connectivity index (χ0v) is 12.0. The van der Waals surface area contributed by atoms with E-state index in [1.807, 2.05) is 19.2 Å². The van der Waals surface area contributed by atoms with Crippen LogP contribution in [0.1, 0.15) is 6.92 Å². The summed E-state index contributed by atoms with van der Waals surface area (Å²) in [6.07, 6.45) is 1.22. The van der Waals surface area contributed by atoms with Gasteiger partial charge >= 0.3 is 0 Å². The molecule has 1 atom stereocenters. The first-order valence-electron chi connectivity index (χ1n) is 4.95. The number of hydrogen-bond donors (Lipinski definition) is 0. The molecule has 0 heterocycles. The van der Waals surface area contributed by atoms with Crippen molar-refractivity contribution in [2.24, 2.45) is 0 Å². The van der Waals surface area contributed by atoms with Crippen molar-refractivity contribution in [2.75, 3.05) is 23.5 Å². The van der Waals surface area contributed by atoms with Crippen LogP contribution in [-0.2, 0) is 9.84 Å². The fourth-order valence-corrected chi connectivity index (χ4v) is 2.35. The number of anilines is 1. The van der Waals surface area contributed by atoms with Gasteiger partial charge in [-0.2, -0.15) is 0 Å². The predicted molar refractivity (Wildman–Crippen MR) is 71.2 cm³/mol. The maximum atomic E-state index is 11.3. The van der Waals surface area contributed by atoms with Crippen molar-refractivity contribution >= 4 is 31.5 Å². The van der Waals surface area contributed by atoms with Crippen LogP contribution < -0.4 is 4.90 Å². The lowest BCUT2D eigenvalue weighted by Crippen LogP contribution is -2.29. The van der Waals surface area contributed by atoms with Crippen molar-refractivity contribution in [2.45, 2.75) is 17.9 Å². The Balaban J connectivity index is 2.96. The predicted octanol–water partition coefficient (Wildman–Crippen LogP) is 2.31. The molecule has 0 aromatic heterocycles. The number of alkyl halides is 1. The van der Waals surface area contributed by atoms with Gasteiger partial charge in [0.15, 0.2) is 9.84 Å². The summed E-state index contributed by atoms with van der Waals surface area (Å²) in [5, 5.41) is 0.872. The average molecular weight is 306 g/mol. The molecule has 0 bridgehead atoms. The van der Waals surface area contributed by atoms with E-state index >= 15 is 0 Å². The summed E-state index contributed by atoms with van der Waals surface area (Å²) in [5.41, 5.74) is 1.01. The zero-order valence-electron chi connectivity index (χ0n) is 9.64. The molecule has 90 valence electrons. The number of rotatable bonds is 4. The second-order valence-electron chi connectivity index (χ2n) is 3.88. The Morgan fingerprint density at radius 3 is 2.19 bits per heavy atom. The molecule has 3 nitrogen and oxygen atoms in total. The molecule has 16 heavy (non-hydrogen) atoms. The normalized spacial score (nSPS) is 13.5. The van der Waals surface area contributed by atoms with Gasteiger partial charge in [-0.1, -0.05) is 15.9 Å². The molecule has 0 N–H and O–H groups in total. The van der Waals surface area contributed by atoms with Gasteiger partial charge in [-0.05, 0) is 31.2 Å². The molecule has 0 saturated heterocycles. The van der Waals surface area contributed by atoms with Gasteiger partial charge in [-0.15, -0.1) is 0 Å². The van der Waals surface area contributed by atoms with Gasteiger partial charge in [0.25, 0.3) is 0 Å². The molecular formula is C11H16BrNO2S. The standard InChI is InChI=1S/C11H16BrNO2S/c1-9(8-12)13(2)10-4-6-11(7-5-10)16(3,14)15/h4-7,9H,8H2,1-3H3. The second-order valence-corrected chi connectivity index (χ2v) is 6.54. The molecule has 1 unspecified atom stereocenters. The number of halogens is 1. The van der Waals surface area contributed by atoms with Gasteiger partial charge in [0.2, 0.25) is 0 Å². The number of benzene rings is 1. The molecule has 0 spiro atoms. The van der Waals surface area contributed by atoms with E-state index in [9.17, 15) is 8.42 Å². The van der Waals surface area contributed by atoms with Gasteiger partial charge in [0, 0.05) is 30.4 Å². The summed E-state index contributed by atoms with van der Waals surface area (Å²) >= 11 is 3.42. The minimum atomic E-state index is -3.10. The molecule has 0 aliphatic rings. The molecule has 0 aliphatic heterocycles. The molecule has 0 saturated carbocycles. The van der Waals surface area contributed by atoms with E-state index in [0.717, 1.165) is 11.0 Å². The summed E-state index contributed by atoms with van der Waals surface area (Å²) in [6, 6.07) is 7.30. The highest BCUT2D eigenvalue weighted by atomic mass is 79.9. The van der Waals surface area contributed by atoms with Crippen LogP contribution in [0.2, 0.25) is 0 Å². The van der Waals surface area contributed by atoms with Crippen LogP contribution in [0, 0.1) is 0 Å². The van der Waals surface area contributed by atoms with Crippen molar-refractivity contribution in [3.05, 3.63) is 24.3 Å². The SMILES string of the molecule is CC(CBr)N(C)c1ccc(S(C)(=O)=O)cc1. The van der Waals surface area contributed by atoms with Crippen LogP contribution in [0.3, 0.4) is 0 Å². The zero-order chi connectivity index (χ0) is 12.3. The monoisotopic (exact) mass is 305 g/mol. The number of sulfone groups is 1. The van der Waals surface area contributed by atoms with E-state index in [0.29, 0.717) is 10.9 Å². The van der Waals surface area contributed by atoms with Gasteiger partial charge in [-0.3, -0.25) is 0 Å². The highest BCUT2D eigenvalue weighted by Gasteiger charge is 2.10. The van der Waals surface area contributed by atoms with Gasteiger partial charge in [0.05, 0.1) is 4.90 Å². The maximum absolute atomic E-state index is 11.3. The van der Waals surface area contributed by atoms with Crippen molar-refractivity contribution in [3.8, 4) is 0 Å². The minimum absolute atomic E-state index is 0.358. The molecule has 1 aromatic rings. The lowest BCUT2D eigenvalue weighted by Gasteiger charge is -2.25. The molecule has 0 fully saturated rings. The van der Waals surface area contributed by atoms with Gasteiger partial charge in [-0.25, -0.2) is 8.42 Å². The molecule has 5 heteroatoms. The van der Waals surface area contributed by atoms with Crippen molar-refractivity contribution < 1.29 is 8.42 Å². The van der Waals surface area contributed by atoms with E-state index in [1.54, 1.807) is 12.1 Å². The summed E-state index contributed by atoms with van der Waals surface area (Å²) in [6.45, 7) is 2.10. The summed E-state index contributed by atoms with van der Waals surface area (Å²) < 4.78 is 22.6. The van der Waals surface area contributed by atoms with Crippen LogP contribution in [0.4, 0.5) is 5.69 Å². The first kappa shape index (κ1) is 13.5. The Bertz CT molecular complexity index is 442. The fourth-order valence-electron chi connectivity index (χ4n) is 1.29. The van der Waals surface area contributed by atoms with Crippen molar-refractivity contribution in [1.82, 2.24) is 0 Å². The van der Waals surface area contributed by atoms with E-state index in [2.05, 4.69) is 27.8 Å². The molecule has 0 radical (unpaired) electrons. The summed E-state index contributed by atoms with van der Waals surface area (Å²) in [7, 11) is -1.11. The first-order chi connectivity index (χ1) is 7.36. The first-order valence-corrected chi connectivity index (χ1v) is 7.96. The van der Waals surface area contributed by atoms with Crippen LogP contribution >= 0.6 is 15.9 Å². The molecule has 1 aromatic carbocycles. The molecule has 1 rings (SSSR count). The molecule has 0 amide bonds. The van der Waals surface area contributed by atoms with Crippen LogP contribution in [0.5, 0.6) is 0 Å². The van der Waals surface area contributed by atoms with Crippen molar-refractivity contribution in [3.63, 3.8) is 0 Å². The minimum Gasteiger partial charge on any atom is -0.371 e. The Hall–Kier alpha value is -0.550. The van der Waals surface area contributed by atoms with E-state index < -0.39 is 9.84 Å². The van der Waals surface area contributed by atoms with Crippen molar-refractivity contribution in [1.29, 1.82) is 0 Å². The lowest BCUT2D eigenvalue weighted by molar-refractivity contribution is 0.602. The maximum Gasteiger partial charge on any atom is 0.175 e. The Morgan fingerprint density at radius 1 is 1.31 bits per heavy atom. The highest BCUT2D eigenvalue weighted by Crippen LogP contribution is 2.19. The largest absolute Gasteiger partial charge is 0.371 e. The highest BCUT2D eigenvalue weighted by molar-refractivity contribution is 9.09. The number of nitrogens with zero attached hydrogens (tertiary/aromatic N) is 1. The molecular weight excluding hydrogens is 290 g/mol. The Labute approximate surface area is 106 Å². The smallest absolute Gasteiger partial charge is 0.175 e. The van der Waals surface area contributed by atoms with E-state index in [-0.39, 0.29) is 0 Å². The lowest BCUT2D eigenvalue weighted by atomic mass is 10.2. The van der Waals surface area contributed by atoms with Crippen LogP contribution in [0.25, 0.3) is 0 Å². The van der Waals surface area contributed by atoms with Crippen LogP contribution in [0.15, 0.2) is 29.2 Å². The third-order valence-electron chi connectivity index (χ3n) is 2.56. The fraction of sp³-hybridized carbons (Fsp3) is 0.455. The Kier molecular flexibility index (Phi) is 4.38. The topological polar surface area (TPSA) is 37.4 Å².